The number of aromatic nitrogens is 7. The molecule has 8 nitrogen and oxygen atoms in total. The van der Waals surface area contributed by atoms with Crippen molar-refractivity contribution in [2.24, 2.45) is 0 Å². The van der Waals surface area contributed by atoms with Crippen LogP contribution >= 0.6 is 0 Å². The zero-order valence-corrected chi connectivity index (χ0v) is 26.4. The van der Waals surface area contributed by atoms with E-state index in [0.717, 1.165) is 65.9 Å². The summed E-state index contributed by atoms with van der Waals surface area (Å²) in [6, 6.07) is 37.8. The summed E-state index contributed by atoms with van der Waals surface area (Å²) in [6.45, 7) is 4.21. The van der Waals surface area contributed by atoms with E-state index < -0.39 is 0 Å². The molecule has 0 spiro atoms. The van der Waals surface area contributed by atoms with Crippen LogP contribution in [0, 0.1) is 26.0 Å². The average Bonchev–Trinajstić information content (AvgIpc) is 3.79. The predicted octanol–water partition coefficient (Wildman–Crippen LogP) is 7.72. The molecule has 218 valence electrons. The van der Waals surface area contributed by atoms with Crippen molar-refractivity contribution in [3.05, 3.63) is 127 Å². The van der Waals surface area contributed by atoms with Gasteiger partial charge in [0, 0.05) is 22.5 Å². The second kappa shape index (κ2) is 10.4. The Kier molecular flexibility index (Phi) is 6.29. The number of hydrogen-bond donors (Lipinski definition) is 0. The third-order valence-electron chi connectivity index (χ3n) is 8.33. The maximum atomic E-state index is 6.43. The molecule has 0 atom stereocenters. The fraction of sp³-hybridized carbons (Fsp3) is 0.0556. The number of nitrogens with zero attached hydrogens (tertiary/aromatic N) is 7. The quantitative estimate of drug-likeness (QED) is 0.136. The Morgan fingerprint density at radius 2 is 1.29 bits per heavy atom. The molecule has 9 rings (SSSR count). The number of ether oxygens (including phenoxy) is 1. The summed E-state index contributed by atoms with van der Waals surface area (Å²) in [6.07, 6.45) is 3.50. The number of fused-ring (bicyclic) bond motifs is 9. The molecule has 0 fully saturated rings. The standard InChI is InChI=1S/C36H23N7O.Pt/c1-22-8-7-9-23(2)34(22)42-21-38-40-36(42)43-32-13-6-4-11-28(32)29-17-15-25(19-33(29)43)44-24-14-16-26-27-10-3-5-12-31(27)41-20-37-39-35(41)30(26)18-24;/h3-17,20-21H,1-2H3;/q-2;+2. The first kappa shape index (κ1) is 27.2. The fourth-order valence-electron chi connectivity index (χ4n) is 6.41. The topological polar surface area (TPSA) is 75.1 Å². The van der Waals surface area contributed by atoms with Crippen LogP contribution in [0.5, 0.6) is 11.5 Å². The van der Waals surface area contributed by atoms with Crippen molar-refractivity contribution in [3.8, 4) is 23.1 Å². The Hall–Kier alpha value is -5.33. The molecule has 0 saturated carbocycles. The molecule has 45 heavy (non-hydrogen) atoms. The van der Waals surface area contributed by atoms with E-state index in [-0.39, 0.29) is 21.1 Å². The molecular formula is C36H23N7OPt. The Bertz CT molecular complexity index is 2560. The Morgan fingerprint density at radius 1 is 0.622 bits per heavy atom. The van der Waals surface area contributed by atoms with Gasteiger partial charge in [-0.25, -0.2) is 0 Å². The number of aryl methyl sites for hydroxylation is 2. The average molecular weight is 765 g/mol. The molecule has 0 aliphatic heterocycles. The van der Waals surface area contributed by atoms with E-state index in [1.54, 1.807) is 12.7 Å². The summed E-state index contributed by atoms with van der Waals surface area (Å²) in [4.78, 5) is 0. The van der Waals surface area contributed by atoms with E-state index in [9.17, 15) is 0 Å². The van der Waals surface area contributed by atoms with Crippen LogP contribution in [0.15, 0.2) is 104 Å². The van der Waals surface area contributed by atoms with Crippen molar-refractivity contribution in [1.82, 2.24) is 33.9 Å². The number of rotatable bonds is 4. The first-order valence-electron chi connectivity index (χ1n) is 14.3. The molecule has 0 N–H and O–H groups in total. The molecule has 0 aliphatic carbocycles. The minimum Gasteiger partial charge on any atom is -0.503 e. The van der Waals surface area contributed by atoms with Crippen LogP contribution in [0.2, 0.25) is 0 Å². The van der Waals surface area contributed by atoms with Crippen LogP contribution in [-0.4, -0.2) is 33.9 Å². The fourth-order valence-corrected chi connectivity index (χ4v) is 6.41. The van der Waals surface area contributed by atoms with Crippen molar-refractivity contribution >= 4 is 49.1 Å². The van der Waals surface area contributed by atoms with Crippen molar-refractivity contribution < 1.29 is 25.8 Å². The molecule has 5 aromatic carbocycles. The molecule has 0 radical (unpaired) electrons. The van der Waals surface area contributed by atoms with Crippen LogP contribution < -0.4 is 4.74 Å². The molecule has 0 bridgehead atoms. The summed E-state index contributed by atoms with van der Waals surface area (Å²) < 4.78 is 12.6. The maximum absolute atomic E-state index is 6.43. The molecule has 9 aromatic rings. The molecule has 4 aromatic heterocycles. The minimum atomic E-state index is 0. The predicted molar refractivity (Wildman–Crippen MR) is 171 cm³/mol. The Balaban J connectivity index is 0.00000300. The molecule has 4 heterocycles. The van der Waals surface area contributed by atoms with Crippen LogP contribution in [0.3, 0.4) is 0 Å². The van der Waals surface area contributed by atoms with Gasteiger partial charge in [-0.2, -0.15) is 11.2 Å². The zero-order chi connectivity index (χ0) is 29.4. The number of hydrogen-bond acceptors (Lipinski definition) is 5. The molecule has 0 amide bonds. The Labute approximate surface area is 271 Å². The van der Waals surface area contributed by atoms with Crippen molar-refractivity contribution in [2.75, 3.05) is 0 Å². The van der Waals surface area contributed by atoms with Crippen molar-refractivity contribution in [2.45, 2.75) is 13.8 Å². The smallest absolute Gasteiger partial charge is 0.503 e. The van der Waals surface area contributed by atoms with Crippen LogP contribution in [0.4, 0.5) is 0 Å². The molecule has 0 aliphatic rings. The van der Waals surface area contributed by atoms with Crippen LogP contribution in [-0.2, 0) is 21.1 Å². The Morgan fingerprint density at radius 3 is 2.09 bits per heavy atom. The second-order valence-corrected chi connectivity index (χ2v) is 10.9. The summed E-state index contributed by atoms with van der Waals surface area (Å²) in [7, 11) is 0. The van der Waals surface area contributed by atoms with Gasteiger partial charge < -0.3 is 13.7 Å². The maximum Gasteiger partial charge on any atom is 2.00 e. The monoisotopic (exact) mass is 764 g/mol. The summed E-state index contributed by atoms with van der Waals surface area (Å²) in [5, 5.41) is 22.6. The SMILES string of the molecule is Cc1cccc(C)c1-n1cnnc1-n1c2[c-]c(Oc3[c-]c4c(cc3)c3ccccc3n3cnnc43)ccc2c2ccccc21.[Pt+2]. The second-order valence-electron chi connectivity index (χ2n) is 10.9. The summed E-state index contributed by atoms with van der Waals surface area (Å²) in [5.41, 5.74) is 6.97. The summed E-state index contributed by atoms with van der Waals surface area (Å²) in [5.74, 6) is 1.81. The minimum absolute atomic E-state index is 0. The molecule has 9 heteroatoms. The molecule has 0 saturated heterocycles. The van der Waals surface area contributed by atoms with Gasteiger partial charge in [-0.3, -0.25) is 4.57 Å². The van der Waals surface area contributed by atoms with Crippen molar-refractivity contribution in [1.29, 1.82) is 0 Å². The van der Waals surface area contributed by atoms with E-state index >= 15 is 0 Å². The van der Waals surface area contributed by atoms with Gasteiger partial charge in [-0.05, 0) is 47.9 Å². The van der Waals surface area contributed by atoms with E-state index in [1.807, 2.05) is 45.4 Å². The van der Waals surface area contributed by atoms with E-state index in [0.29, 0.717) is 17.4 Å². The van der Waals surface area contributed by atoms with Gasteiger partial charge >= 0.3 is 21.1 Å². The number of para-hydroxylation sites is 3. The first-order valence-corrected chi connectivity index (χ1v) is 14.3. The van der Waals surface area contributed by atoms with Gasteiger partial charge in [-0.1, -0.05) is 77.0 Å². The van der Waals surface area contributed by atoms with Crippen molar-refractivity contribution in [3.63, 3.8) is 0 Å². The number of pyridine rings is 1. The van der Waals surface area contributed by atoms with E-state index in [2.05, 4.69) is 106 Å². The van der Waals surface area contributed by atoms with Gasteiger partial charge in [0.1, 0.15) is 12.7 Å². The van der Waals surface area contributed by atoms with E-state index in [4.69, 9.17) is 4.74 Å². The number of benzene rings is 5. The first-order chi connectivity index (χ1) is 21.7. The third-order valence-corrected chi connectivity index (χ3v) is 8.33. The van der Waals surface area contributed by atoms with E-state index in [1.165, 1.54) is 0 Å². The third kappa shape index (κ3) is 4.10. The largest absolute Gasteiger partial charge is 2.00 e. The van der Waals surface area contributed by atoms with Gasteiger partial charge in [0.2, 0.25) is 5.95 Å². The van der Waals surface area contributed by atoms with Gasteiger partial charge in [-0.15, -0.1) is 44.9 Å². The van der Waals surface area contributed by atoms with Gasteiger partial charge in [0.05, 0.1) is 11.3 Å². The van der Waals surface area contributed by atoms with Gasteiger partial charge in [0.25, 0.3) is 0 Å². The molecular weight excluding hydrogens is 742 g/mol. The van der Waals surface area contributed by atoms with Crippen LogP contribution in [0.1, 0.15) is 11.1 Å². The zero-order valence-electron chi connectivity index (χ0n) is 24.2. The normalized spacial score (nSPS) is 11.6. The van der Waals surface area contributed by atoms with Crippen LogP contribution in [0.25, 0.3) is 60.8 Å². The summed E-state index contributed by atoms with van der Waals surface area (Å²) >= 11 is 0. The molecule has 0 unspecified atom stereocenters. The van der Waals surface area contributed by atoms with Gasteiger partial charge in [0.15, 0.2) is 0 Å².